The van der Waals surface area contributed by atoms with Gasteiger partial charge >= 0.3 is 0 Å². The molecule has 0 atom stereocenters. The third-order valence-corrected chi connectivity index (χ3v) is 5.41. The second kappa shape index (κ2) is 8.90. The maximum atomic E-state index is 12.4. The van der Waals surface area contributed by atoms with Gasteiger partial charge < -0.3 is 10.2 Å². The van der Waals surface area contributed by atoms with Gasteiger partial charge in [-0.25, -0.2) is 8.42 Å². The SMILES string of the molecule is Cc1ccc(C)c(N(CC(=O)NCCN(C)c2ccccc2)S(C)(=O)=O)c1. The highest BCUT2D eigenvalue weighted by Crippen LogP contribution is 2.23. The van der Waals surface area contributed by atoms with Crippen molar-refractivity contribution >= 4 is 27.3 Å². The molecule has 1 N–H and O–H groups in total. The van der Waals surface area contributed by atoms with E-state index >= 15 is 0 Å². The predicted octanol–water partition coefficient (Wildman–Crippen LogP) is 2.32. The largest absolute Gasteiger partial charge is 0.373 e. The zero-order valence-corrected chi connectivity index (χ0v) is 17.1. The van der Waals surface area contributed by atoms with E-state index in [1.54, 1.807) is 6.07 Å². The quantitative estimate of drug-likeness (QED) is 0.752. The van der Waals surface area contributed by atoms with E-state index in [0.717, 1.165) is 27.4 Å². The number of amides is 1. The monoisotopic (exact) mass is 389 g/mol. The Bertz CT molecular complexity index is 883. The lowest BCUT2D eigenvalue weighted by Crippen LogP contribution is -2.42. The average molecular weight is 390 g/mol. The summed E-state index contributed by atoms with van der Waals surface area (Å²) in [4.78, 5) is 14.4. The van der Waals surface area contributed by atoms with Crippen LogP contribution in [0.2, 0.25) is 0 Å². The molecule has 0 spiro atoms. The molecule has 146 valence electrons. The van der Waals surface area contributed by atoms with Crippen molar-refractivity contribution in [2.75, 3.05) is 42.1 Å². The smallest absolute Gasteiger partial charge is 0.240 e. The first kappa shape index (κ1) is 20.8. The zero-order valence-electron chi connectivity index (χ0n) is 16.3. The number of hydrogen-bond acceptors (Lipinski definition) is 4. The Kier molecular flexibility index (Phi) is 6.85. The predicted molar refractivity (Wildman–Crippen MR) is 111 cm³/mol. The van der Waals surface area contributed by atoms with Crippen molar-refractivity contribution in [2.24, 2.45) is 0 Å². The lowest BCUT2D eigenvalue weighted by Gasteiger charge is -2.24. The standard InChI is InChI=1S/C20H27N3O3S/c1-16-10-11-17(2)19(14-16)23(27(4,25)26)15-20(24)21-12-13-22(3)18-8-6-5-7-9-18/h5-11,14H,12-13,15H2,1-4H3,(H,21,24). The minimum atomic E-state index is -3.57. The third-order valence-electron chi connectivity index (χ3n) is 4.29. The molecule has 27 heavy (non-hydrogen) atoms. The molecule has 0 aliphatic carbocycles. The number of anilines is 2. The minimum Gasteiger partial charge on any atom is -0.373 e. The second-order valence-corrected chi connectivity index (χ2v) is 8.57. The molecule has 2 rings (SSSR count). The van der Waals surface area contributed by atoms with E-state index in [9.17, 15) is 13.2 Å². The number of benzene rings is 2. The highest BCUT2D eigenvalue weighted by Gasteiger charge is 2.22. The van der Waals surface area contributed by atoms with Crippen molar-refractivity contribution in [1.29, 1.82) is 0 Å². The Morgan fingerprint density at radius 3 is 2.37 bits per heavy atom. The van der Waals surface area contributed by atoms with Crippen molar-refractivity contribution in [1.82, 2.24) is 5.32 Å². The molecule has 0 aliphatic heterocycles. The van der Waals surface area contributed by atoms with Gasteiger partial charge in [-0.3, -0.25) is 9.10 Å². The van der Waals surface area contributed by atoms with Crippen molar-refractivity contribution < 1.29 is 13.2 Å². The van der Waals surface area contributed by atoms with Gasteiger partial charge in [-0.1, -0.05) is 30.3 Å². The Morgan fingerprint density at radius 2 is 1.74 bits per heavy atom. The lowest BCUT2D eigenvalue weighted by atomic mass is 10.1. The van der Waals surface area contributed by atoms with Gasteiger partial charge in [0.2, 0.25) is 15.9 Å². The first-order valence-corrected chi connectivity index (χ1v) is 10.6. The number of carbonyl (C=O) groups is 1. The lowest BCUT2D eigenvalue weighted by molar-refractivity contribution is -0.119. The number of hydrogen-bond donors (Lipinski definition) is 1. The molecule has 7 heteroatoms. The molecule has 0 saturated carbocycles. The summed E-state index contributed by atoms with van der Waals surface area (Å²) in [6.45, 7) is 4.54. The van der Waals surface area contributed by atoms with Crippen molar-refractivity contribution in [3.8, 4) is 0 Å². The molecule has 0 bridgehead atoms. The summed E-state index contributed by atoms with van der Waals surface area (Å²) in [6.07, 6.45) is 1.12. The summed E-state index contributed by atoms with van der Waals surface area (Å²) in [5.74, 6) is -0.331. The maximum Gasteiger partial charge on any atom is 0.240 e. The van der Waals surface area contributed by atoms with Gasteiger partial charge in [-0.15, -0.1) is 0 Å². The van der Waals surface area contributed by atoms with E-state index < -0.39 is 10.0 Å². The molecule has 0 heterocycles. The van der Waals surface area contributed by atoms with Gasteiger partial charge in [0.1, 0.15) is 6.54 Å². The highest BCUT2D eigenvalue weighted by molar-refractivity contribution is 7.92. The van der Waals surface area contributed by atoms with Crippen LogP contribution < -0.4 is 14.5 Å². The molecule has 0 aromatic heterocycles. The van der Waals surface area contributed by atoms with Gasteiger partial charge in [0.05, 0.1) is 11.9 Å². The number of likely N-dealkylation sites (N-methyl/N-ethyl adjacent to an activating group) is 1. The van der Waals surface area contributed by atoms with Gasteiger partial charge in [-0.05, 0) is 43.2 Å². The normalized spacial score (nSPS) is 11.1. The Labute approximate surface area is 161 Å². The van der Waals surface area contributed by atoms with Crippen LogP contribution >= 0.6 is 0 Å². The van der Waals surface area contributed by atoms with Crippen LogP contribution in [0.4, 0.5) is 11.4 Å². The van der Waals surface area contributed by atoms with Crippen molar-refractivity contribution in [2.45, 2.75) is 13.8 Å². The van der Waals surface area contributed by atoms with E-state index in [1.165, 1.54) is 0 Å². The number of nitrogens with one attached hydrogen (secondary N) is 1. The van der Waals surface area contributed by atoms with Crippen LogP contribution in [-0.2, 0) is 14.8 Å². The molecule has 0 aliphatic rings. The number of sulfonamides is 1. The van der Waals surface area contributed by atoms with Crippen LogP contribution in [0, 0.1) is 13.8 Å². The van der Waals surface area contributed by atoms with E-state index in [1.807, 2.05) is 68.3 Å². The van der Waals surface area contributed by atoms with Crippen LogP contribution in [0.15, 0.2) is 48.5 Å². The fourth-order valence-electron chi connectivity index (χ4n) is 2.73. The number of nitrogens with zero attached hydrogens (tertiary/aromatic N) is 2. The van der Waals surface area contributed by atoms with Gasteiger partial charge in [0.25, 0.3) is 0 Å². The summed E-state index contributed by atoms with van der Waals surface area (Å²) in [5.41, 5.74) is 3.34. The van der Waals surface area contributed by atoms with E-state index in [2.05, 4.69) is 5.32 Å². The number of para-hydroxylation sites is 1. The first-order valence-electron chi connectivity index (χ1n) is 8.76. The fourth-order valence-corrected chi connectivity index (χ4v) is 3.64. The molecule has 2 aromatic rings. The van der Waals surface area contributed by atoms with Crippen molar-refractivity contribution in [3.05, 3.63) is 59.7 Å². The Hall–Kier alpha value is -2.54. The van der Waals surface area contributed by atoms with Crippen molar-refractivity contribution in [3.63, 3.8) is 0 Å². The molecule has 0 fully saturated rings. The van der Waals surface area contributed by atoms with Crippen LogP contribution in [0.5, 0.6) is 0 Å². The summed E-state index contributed by atoms with van der Waals surface area (Å²) >= 11 is 0. The van der Waals surface area contributed by atoms with Crippen LogP contribution in [0.3, 0.4) is 0 Å². The maximum absolute atomic E-state index is 12.4. The fraction of sp³-hybridized carbons (Fsp3) is 0.350. The van der Waals surface area contributed by atoms with Crippen LogP contribution in [0.25, 0.3) is 0 Å². The summed E-state index contributed by atoms with van der Waals surface area (Å²) < 4.78 is 25.6. The first-order chi connectivity index (χ1) is 12.7. The molecule has 2 aromatic carbocycles. The van der Waals surface area contributed by atoms with Gasteiger partial charge in [-0.2, -0.15) is 0 Å². The van der Waals surface area contributed by atoms with E-state index in [0.29, 0.717) is 18.8 Å². The zero-order chi connectivity index (χ0) is 20.0. The molecule has 1 amide bonds. The minimum absolute atomic E-state index is 0.238. The Morgan fingerprint density at radius 1 is 1.07 bits per heavy atom. The second-order valence-electron chi connectivity index (χ2n) is 6.67. The van der Waals surface area contributed by atoms with Gasteiger partial charge in [0.15, 0.2) is 0 Å². The number of rotatable bonds is 8. The summed E-state index contributed by atoms with van der Waals surface area (Å²) in [6, 6.07) is 15.4. The number of aryl methyl sites for hydroxylation is 2. The average Bonchev–Trinajstić information content (AvgIpc) is 2.61. The van der Waals surface area contributed by atoms with Crippen LogP contribution in [0.1, 0.15) is 11.1 Å². The number of carbonyl (C=O) groups excluding carboxylic acids is 1. The van der Waals surface area contributed by atoms with E-state index in [4.69, 9.17) is 0 Å². The molecular formula is C20H27N3O3S. The highest BCUT2D eigenvalue weighted by atomic mass is 32.2. The molecule has 0 radical (unpaired) electrons. The van der Waals surface area contributed by atoms with Crippen LogP contribution in [-0.4, -0.2) is 47.3 Å². The molecule has 0 saturated heterocycles. The molecule has 6 nitrogen and oxygen atoms in total. The topological polar surface area (TPSA) is 69.7 Å². The summed E-state index contributed by atoms with van der Waals surface area (Å²) in [5, 5.41) is 2.80. The Balaban J connectivity index is 1.99. The summed E-state index contributed by atoms with van der Waals surface area (Å²) in [7, 11) is -1.63. The van der Waals surface area contributed by atoms with E-state index in [-0.39, 0.29) is 12.5 Å². The molecular weight excluding hydrogens is 362 g/mol. The molecule has 0 unspecified atom stereocenters. The van der Waals surface area contributed by atoms with Gasteiger partial charge in [0, 0.05) is 25.8 Å². The third kappa shape index (κ3) is 5.99.